The molecular weight excluding hydrogens is 278 g/mol. The first-order valence-corrected chi connectivity index (χ1v) is 8.33. The van der Waals surface area contributed by atoms with E-state index in [2.05, 4.69) is 64.6 Å². The lowest BCUT2D eigenvalue weighted by molar-refractivity contribution is 0.552. The van der Waals surface area contributed by atoms with Gasteiger partial charge in [0.25, 0.3) is 0 Å². The third kappa shape index (κ3) is 3.34. The molecule has 0 atom stereocenters. The third-order valence-corrected chi connectivity index (χ3v) is 4.19. The number of thiazole rings is 1. The van der Waals surface area contributed by atoms with Crippen LogP contribution in [-0.4, -0.2) is 16.1 Å². The SMILES string of the molecule is CC(C)CNCc1cccc2ccn(Cc3cscn3)c12. The van der Waals surface area contributed by atoms with Crippen LogP contribution in [0.25, 0.3) is 10.9 Å². The maximum atomic E-state index is 4.40. The zero-order valence-corrected chi connectivity index (χ0v) is 13.4. The predicted octanol–water partition coefficient (Wildman–Crippen LogP) is 3.89. The van der Waals surface area contributed by atoms with Crippen LogP contribution in [0.1, 0.15) is 25.1 Å². The van der Waals surface area contributed by atoms with Crippen molar-refractivity contribution in [3.05, 3.63) is 52.6 Å². The van der Waals surface area contributed by atoms with Crippen molar-refractivity contribution in [1.82, 2.24) is 14.9 Å². The van der Waals surface area contributed by atoms with Gasteiger partial charge in [0.1, 0.15) is 0 Å². The van der Waals surface area contributed by atoms with E-state index >= 15 is 0 Å². The Morgan fingerprint density at radius 3 is 2.95 bits per heavy atom. The predicted molar refractivity (Wildman–Crippen MR) is 89.7 cm³/mol. The van der Waals surface area contributed by atoms with Crippen LogP contribution in [0, 0.1) is 5.92 Å². The summed E-state index contributed by atoms with van der Waals surface area (Å²) in [5.41, 5.74) is 5.70. The number of rotatable bonds is 6. The van der Waals surface area contributed by atoms with Crippen LogP contribution in [0.4, 0.5) is 0 Å². The smallest absolute Gasteiger partial charge is 0.0795 e. The van der Waals surface area contributed by atoms with Gasteiger partial charge in [-0.1, -0.05) is 32.0 Å². The normalized spacial score (nSPS) is 11.6. The molecule has 2 heterocycles. The minimum atomic E-state index is 0.672. The van der Waals surface area contributed by atoms with E-state index in [0.29, 0.717) is 5.92 Å². The molecule has 0 aliphatic carbocycles. The Bertz CT molecular complexity index is 698. The molecule has 110 valence electrons. The van der Waals surface area contributed by atoms with Gasteiger partial charge in [0, 0.05) is 18.1 Å². The second-order valence-corrected chi connectivity index (χ2v) is 6.52. The minimum absolute atomic E-state index is 0.672. The zero-order valence-electron chi connectivity index (χ0n) is 12.5. The summed E-state index contributed by atoms with van der Waals surface area (Å²) in [6, 6.07) is 8.72. The molecule has 0 unspecified atom stereocenters. The summed E-state index contributed by atoms with van der Waals surface area (Å²) >= 11 is 1.65. The van der Waals surface area contributed by atoms with Gasteiger partial charge in [-0.15, -0.1) is 11.3 Å². The molecule has 0 aliphatic rings. The van der Waals surface area contributed by atoms with Crippen molar-refractivity contribution in [1.29, 1.82) is 0 Å². The maximum Gasteiger partial charge on any atom is 0.0795 e. The molecular formula is C17H21N3S. The van der Waals surface area contributed by atoms with Crippen LogP contribution in [0.3, 0.4) is 0 Å². The molecule has 0 saturated carbocycles. The standard InChI is InChI=1S/C17H21N3S/c1-13(2)8-18-9-15-5-3-4-14-6-7-20(17(14)15)10-16-11-21-12-19-16/h3-7,11-13,18H,8-10H2,1-2H3. The van der Waals surface area contributed by atoms with Gasteiger partial charge in [-0.2, -0.15) is 0 Å². The van der Waals surface area contributed by atoms with Gasteiger partial charge >= 0.3 is 0 Å². The van der Waals surface area contributed by atoms with Crippen molar-refractivity contribution >= 4 is 22.2 Å². The zero-order chi connectivity index (χ0) is 14.7. The Balaban J connectivity index is 1.87. The largest absolute Gasteiger partial charge is 0.341 e. The van der Waals surface area contributed by atoms with Gasteiger partial charge in [-0.25, -0.2) is 4.98 Å². The van der Waals surface area contributed by atoms with Crippen LogP contribution < -0.4 is 5.32 Å². The molecule has 0 radical (unpaired) electrons. The van der Waals surface area contributed by atoms with Crippen LogP contribution >= 0.6 is 11.3 Å². The number of aromatic nitrogens is 2. The average Bonchev–Trinajstić information content (AvgIpc) is 3.10. The van der Waals surface area contributed by atoms with Gasteiger partial charge in [0.05, 0.1) is 23.3 Å². The fourth-order valence-corrected chi connectivity index (χ4v) is 3.15. The Morgan fingerprint density at radius 1 is 1.29 bits per heavy atom. The molecule has 1 N–H and O–H groups in total. The van der Waals surface area contributed by atoms with Crippen molar-refractivity contribution in [3.63, 3.8) is 0 Å². The van der Waals surface area contributed by atoms with Crippen LogP contribution in [-0.2, 0) is 13.1 Å². The molecule has 4 heteroatoms. The molecule has 0 fully saturated rings. The number of hydrogen-bond donors (Lipinski definition) is 1. The average molecular weight is 299 g/mol. The first kappa shape index (κ1) is 14.3. The van der Waals surface area contributed by atoms with Gasteiger partial charge in [0.2, 0.25) is 0 Å². The lowest BCUT2D eigenvalue weighted by atomic mass is 10.1. The molecule has 21 heavy (non-hydrogen) atoms. The van der Waals surface area contributed by atoms with Crippen LogP contribution in [0.2, 0.25) is 0 Å². The molecule has 0 saturated heterocycles. The highest BCUT2D eigenvalue weighted by molar-refractivity contribution is 7.07. The summed E-state index contributed by atoms with van der Waals surface area (Å²) in [7, 11) is 0. The lowest BCUT2D eigenvalue weighted by Crippen LogP contribution is -2.19. The van der Waals surface area contributed by atoms with Gasteiger partial charge in [0.15, 0.2) is 0 Å². The van der Waals surface area contributed by atoms with E-state index in [0.717, 1.165) is 25.3 Å². The van der Waals surface area contributed by atoms with E-state index in [1.807, 2.05) is 5.51 Å². The second-order valence-electron chi connectivity index (χ2n) is 5.80. The fourth-order valence-electron chi connectivity index (χ4n) is 2.60. The summed E-state index contributed by atoms with van der Waals surface area (Å²) in [4.78, 5) is 4.40. The molecule has 0 bridgehead atoms. The Hall–Kier alpha value is -1.65. The van der Waals surface area contributed by atoms with Crippen LogP contribution in [0.15, 0.2) is 41.4 Å². The van der Waals surface area contributed by atoms with Gasteiger partial charge in [-0.3, -0.25) is 0 Å². The van der Waals surface area contributed by atoms with Crippen molar-refractivity contribution in [2.75, 3.05) is 6.54 Å². The third-order valence-electron chi connectivity index (χ3n) is 3.56. The van der Waals surface area contributed by atoms with E-state index in [1.165, 1.54) is 16.5 Å². The molecule has 3 nitrogen and oxygen atoms in total. The molecule has 3 rings (SSSR count). The highest BCUT2D eigenvalue weighted by atomic mass is 32.1. The van der Waals surface area contributed by atoms with Crippen LogP contribution in [0.5, 0.6) is 0 Å². The monoisotopic (exact) mass is 299 g/mol. The summed E-state index contributed by atoms with van der Waals surface area (Å²) in [5, 5.41) is 6.96. The van der Waals surface area contributed by atoms with E-state index < -0.39 is 0 Å². The summed E-state index contributed by atoms with van der Waals surface area (Å²) in [6.45, 7) is 7.27. The van der Waals surface area contributed by atoms with Gasteiger partial charge in [-0.05, 0) is 29.5 Å². The molecule has 0 spiro atoms. The van der Waals surface area contributed by atoms with Crippen molar-refractivity contribution < 1.29 is 0 Å². The number of benzene rings is 1. The van der Waals surface area contributed by atoms with Crippen molar-refractivity contribution in [2.24, 2.45) is 5.92 Å². The number of hydrogen-bond acceptors (Lipinski definition) is 3. The van der Waals surface area contributed by atoms with E-state index in [9.17, 15) is 0 Å². The van der Waals surface area contributed by atoms with Gasteiger partial charge < -0.3 is 9.88 Å². The molecule has 3 aromatic rings. The van der Waals surface area contributed by atoms with E-state index in [4.69, 9.17) is 0 Å². The summed E-state index contributed by atoms with van der Waals surface area (Å²) in [5.74, 6) is 0.672. The molecule has 2 aromatic heterocycles. The lowest BCUT2D eigenvalue weighted by Gasteiger charge is -2.11. The minimum Gasteiger partial charge on any atom is -0.341 e. The highest BCUT2D eigenvalue weighted by Gasteiger charge is 2.08. The Morgan fingerprint density at radius 2 is 2.19 bits per heavy atom. The van der Waals surface area contributed by atoms with E-state index in [-0.39, 0.29) is 0 Å². The molecule has 0 amide bonds. The topological polar surface area (TPSA) is 29.9 Å². The summed E-state index contributed by atoms with van der Waals surface area (Å²) in [6.07, 6.45) is 2.16. The number of fused-ring (bicyclic) bond motifs is 1. The fraction of sp³-hybridized carbons (Fsp3) is 0.353. The van der Waals surface area contributed by atoms with E-state index in [1.54, 1.807) is 11.3 Å². The Kier molecular flexibility index (Phi) is 4.36. The molecule has 1 aromatic carbocycles. The quantitative estimate of drug-likeness (QED) is 0.748. The number of nitrogens with one attached hydrogen (secondary N) is 1. The second kappa shape index (κ2) is 6.41. The highest BCUT2D eigenvalue weighted by Crippen LogP contribution is 2.21. The first-order valence-electron chi connectivity index (χ1n) is 7.38. The summed E-state index contributed by atoms with van der Waals surface area (Å²) < 4.78 is 2.30. The number of nitrogens with zero attached hydrogens (tertiary/aromatic N) is 2. The van der Waals surface area contributed by atoms with Crippen molar-refractivity contribution in [3.8, 4) is 0 Å². The van der Waals surface area contributed by atoms with Crippen molar-refractivity contribution in [2.45, 2.75) is 26.9 Å². The maximum absolute atomic E-state index is 4.40. The molecule has 0 aliphatic heterocycles. The Labute approximate surface area is 129 Å². The first-order chi connectivity index (χ1) is 10.2. The number of para-hydroxylation sites is 1.